The van der Waals surface area contributed by atoms with Gasteiger partial charge in [0.25, 0.3) is 0 Å². The first-order valence-electron chi connectivity index (χ1n) is 7.67. The number of ether oxygens (including phenoxy) is 1. The number of amides is 2. The highest BCUT2D eigenvalue weighted by atomic mass is 16.5. The molecule has 0 saturated heterocycles. The minimum Gasteiger partial charge on any atom is -0.465 e. The van der Waals surface area contributed by atoms with Crippen LogP contribution in [0.4, 0.5) is 16.2 Å². The topological polar surface area (TPSA) is 67.4 Å². The zero-order valence-corrected chi connectivity index (χ0v) is 14.3. The van der Waals surface area contributed by atoms with Crippen LogP contribution >= 0.6 is 0 Å². The number of anilines is 2. The van der Waals surface area contributed by atoms with Crippen LogP contribution in [-0.4, -0.2) is 19.1 Å². The van der Waals surface area contributed by atoms with Crippen LogP contribution in [0.25, 0.3) is 0 Å². The predicted molar refractivity (Wildman–Crippen MR) is 95.6 cm³/mol. The van der Waals surface area contributed by atoms with Gasteiger partial charge >= 0.3 is 12.0 Å². The minimum atomic E-state index is -0.500. The van der Waals surface area contributed by atoms with E-state index in [2.05, 4.69) is 31.4 Å². The quantitative estimate of drug-likeness (QED) is 0.821. The van der Waals surface area contributed by atoms with Crippen molar-refractivity contribution >= 4 is 23.4 Å². The summed E-state index contributed by atoms with van der Waals surface area (Å²) >= 11 is 0. The third-order valence-corrected chi connectivity index (χ3v) is 3.59. The van der Waals surface area contributed by atoms with Gasteiger partial charge in [-0.25, -0.2) is 9.59 Å². The number of benzene rings is 2. The van der Waals surface area contributed by atoms with E-state index in [1.807, 2.05) is 24.3 Å². The molecule has 0 saturated carbocycles. The van der Waals surface area contributed by atoms with Gasteiger partial charge in [0, 0.05) is 5.69 Å². The van der Waals surface area contributed by atoms with Gasteiger partial charge in [0.2, 0.25) is 0 Å². The summed E-state index contributed by atoms with van der Waals surface area (Å²) in [5.41, 5.74) is 2.62. The second kappa shape index (κ2) is 7.17. The van der Waals surface area contributed by atoms with E-state index < -0.39 is 12.0 Å². The Hall–Kier alpha value is -2.82. The molecule has 2 rings (SSSR count). The van der Waals surface area contributed by atoms with Crippen LogP contribution in [0, 0.1) is 0 Å². The van der Waals surface area contributed by atoms with E-state index in [-0.39, 0.29) is 5.41 Å². The number of nitrogens with one attached hydrogen (secondary N) is 2. The van der Waals surface area contributed by atoms with E-state index in [9.17, 15) is 9.59 Å². The number of rotatable bonds is 3. The molecule has 0 aliphatic rings. The Balaban J connectivity index is 2.08. The highest BCUT2D eigenvalue weighted by Crippen LogP contribution is 2.23. The first kappa shape index (κ1) is 17.5. The van der Waals surface area contributed by atoms with Crippen molar-refractivity contribution in [1.82, 2.24) is 0 Å². The Labute approximate surface area is 142 Å². The second-order valence-corrected chi connectivity index (χ2v) is 6.44. The number of esters is 1. The molecule has 2 aromatic carbocycles. The van der Waals surface area contributed by atoms with Gasteiger partial charge in [-0.1, -0.05) is 45.0 Å². The Morgan fingerprint density at radius 3 is 2.12 bits per heavy atom. The molecule has 126 valence electrons. The van der Waals surface area contributed by atoms with Gasteiger partial charge in [-0.05, 0) is 35.2 Å². The second-order valence-electron chi connectivity index (χ2n) is 6.44. The lowest BCUT2D eigenvalue weighted by Gasteiger charge is -2.19. The lowest BCUT2D eigenvalue weighted by atomic mass is 9.87. The average molecular weight is 326 g/mol. The third-order valence-electron chi connectivity index (χ3n) is 3.59. The normalized spacial score (nSPS) is 10.8. The van der Waals surface area contributed by atoms with Crippen LogP contribution in [0.3, 0.4) is 0 Å². The van der Waals surface area contributed by atoms with Gasteiger partial charge in [0.05, 0.1) is 18.4 Å². The number of carbonyl (C=O) groups excluding carboxylic acids is 2. The van der Waals surface area contributed by atoms with Gasteiger partial charge in [0.1, 0.15) is 0 Å². The standard InChI is InChI=1S/C19H22N2O3/c1-19(2,3)13-9-11-14(12-10-13)20-18(23)21-16-8-6-5-7-15(16)17(22)24-4/h5-12H,1-4H3,(H2,20,21,23). The first-order valence-corrected chi connectivity index (χ1v) is 7.67. The Bertz CT molecular complexity index is 731. The summed E-state index contributed by atoms with van der Waals surface area (Å²) < 4.78 is 4.71. The molecule has 0 radical (unpaired) electrons. The molecule has 5 heteroatoms. The average Bonchev–Trinajstić information content (AvgIpc) is 2.54. The fourth-order valence-electron chi connectivity index (χ4n) is 2.22. The largest absolute Gasteiger partial charge is 0.465 e. The summed E-state index contributed by atoms with van der Waals surface area (Å²) in [5.74, 6) is -0.500. The molecule has 0 spiro atoms. The molecule has 5 nitrogen and oxygen atoms in total. The van der Waals surface area contributed by atoms with Crippen LogP contribution < -0.4 is 10.6 Å². The summed E-state index contributed by atoms with van der Waals surface area (Å²) in [6.07, 6.45) is 0. The first-order chi connectivity index (χ1) is 11.3. The van der Waals surface area contributed by atoms with Gasteiger partial charge in [-0.2, -0.15) is 0 Å². The molecule has 0 atom stereocenters. The highest BCUT2D eigenvalue weighted by Gasteiger charge is 2.15. The highest BCUT2D eigenvalue weighted by molar-refractivity contribution is 6.05. The molecule has 0 aliphatic heterocycles. The molecule has 0 heterocycles. The zero-order chi connectivity index (χ0) is 17.7. The number of carbonyl (C=O) groups is 2. The van der Waals surface area contributed by atoms with E-state index >= 15 is 0 Å². The number of hydrogen-bond acceptors (Lipinski definition) is 3. The molecule has 24 heavy (non-hydrogen) atoms. The maximum Gasteiger partial charge on any atom is 0.339 e. The van der Waals surface area contributed by atoms with Gasteiger partial charge in [0.15, 0.2) is 0 Å². The van der Waals surface area contributed by atoms with E-state index in [1.54, 1.807) is 24.3 Å². The van der Waals surface area contributed by atoms with Gasteiger partial charge in [-0.15, -0.1) is 0 Å². The number of methoxy groups -OCH3 is 1. The van der Waals surface area contributed by atoms with Crippen molar-refractivity contribution in [3.05, 3.63) is 59.7 Å². The molecule has 2 aromatic rings. The van der Waals surface area contributed by atoms with E-state index in [1.165, 1.54) is 12.7 Å². The Morgan fingerprint density at radius 1 is 0.917 bits per heavy atom. The van der Waals surface area contributed by atoms with Crippen molar-refractivity contribution in [3.8, 4) is 0 Å². The molecular weight excluding hydrogens is 304 g/mol. The van der Waals surface area contributed by atoms with Gasteiger partial charge < -0.3 is 15.4 Å². The summed E-state index contributed by atoms with van der Waals surface area (Å²) in [7, 11) is 1.30. The molecule has 2 amide bonds. The molecule has 2 N–H and O–H groups in total. The van der Waals surface area contributed by atoms with E-state index in [0.717, 1.165) is 0 Å². The predicted octanol–water partition coefficient (Wildman–Crippen LogP) is 4.41. The van der Waals surface area contributed by atoms with Crippen molar-refractivity contribution in [2.45, 2.75) is 26.2 Å². The lowest BCUT2D eigenvalue weighted by molar-refractivity contribution is 0.0602. The van der Waals surface area contributed by atoms with Crippen LogP contribution in [0.15, 0.2) is 48.5 Å². The van der Waals surface area contributed by atoms with E-state index in [0.29, 0.717) is 16.9 Å². The number of para-hydroxylation sites is 1. The van der Waals surface area contributed by atoms with Crippen molar-refractivity contribution in [1.29, 1.82) is 0 Å². The Morgan fingerprint density at radius 2 is 1.54 bits per heavy atom. The summed E-state index contributed by atoms with van der Waals surface area (Å²) in [6, 6.07) is 13.9. The lowest BCUT2D eigenvalue weighted by Crippen LogP contribution is -2.21. The van der Waals surface area contributed by atoms with Crippen LogP contribution in [0.5, 0.6) is 0 Å². The maximum atomic E-state index is 12.2. The molecular formula is C19H22N2O3. The fraction of sp³-hybridized carbons (Fsp3) is 0.263. The number of hydrogen-bond donors (Lipinski definition) is 2. The molecule has 0 bridgehead atoms. The van der Waals surface area contributed by atoms with Crippen molar-refractivity contribution < 1.29 is 14.3 Å². The molecule has 0 aromatic heterocycles. The van der Waals surface area contributed by atoms with Crippen molar-refractivity contribution in [2.24, 2.45) is 0 Å². The maximum absolute atomic E-state index is 12.2. The van der Waals surface area contributed by atoms with Crippen molar-refractivity contribution in [3.63, 3.8) is 0 Å². The number of urea groups is 1. The fourth-order valence-corrected chi connectivity index (χ4v) is 2.22. The summed E-state index contributed by atoms with van der Waals surface area (Å²) in [5, 5.41) is 5.42. The summed E-state index contributed by atoms with van der Waals surface area (Å²) in [6.45, 7) is 6.39. The van der Waals surface area contributed by atoms with Crippen LogP contribution in [-0.2, 0) is 10.2 Å². The van der Waals surface area contributed by atoms with Gasteiger partial charge in [-0.3, -0.25) is 0 Å². The Kier molecular flexibility index (Phi) is 5.24. The van der Waals surface area contributed by atoms with Crippen molar-refractivity contribution in [2.75, 3.05) is 17.7 Å². The third kappa shape index (κ3) is 4.35. The minimum absolute atomic E-state index is 0.0558. The zero-order valence-electron chi connectivity index (χ0n) is 14.3. The molecule has 0 aliphatic carbocycles. The van der Waals surface area contributed by atoms with Crippen LogP contribution in [0.2, 0.25) is 0 Å². The monoisotopic (exact) mass is 326 g/mol. The smallest absolute Gasteiger partial charge is 0.339 e. The SMILES string of the molecule is COC(=O)c1ccccc1NC(=O)Nc1ccc(C(C)(C)C)cc1. The summed E-state index contributed by atoms with van der Waals surface area (Å²) in [4.78, 5) is 23.9. The molecule has 0 fully saturated rings. The van der Waals surface area contributed by atoms with Crippen LogP contribution in [0.1, 0.15) is 36.7 Å². The van der Waals surface area contributed by atoms with E-state index in [4.69, 9.17) is 4.74 Å². The molecule has 0 unspecified atom stereocenters.